The lowest BCUT2D eigenvalue weighted by atomic mass is 10.1. The van der Waals surface area contributed by atoms with E-state index in [1.807, 2.05) is 12.2 Å². The van der Waals surface area contributed by atoms with E-state index in [2.05, 4.69) is 21.9 Å². The zero-order valence-electron chi connectivity index (χ0n) is 18.9. The summed E-state index contributed by atoms with van der Waals surface area (Å²) in [5, 5.41) is 25.3. The number of anilines is 2. The first kappa shape index (κ1) is 25.6. The molecule has 0 saturated heterocycles. The minimum absolute atomic E-state index is 0.0879. The van der Waals surface area contributed by atoms with Crippen molar-refractivity contribution in [3.05, 3.63) is 58.7 Å². The molecule has 0 radical (unpaired) electrons. The van der Waals surface area contributed by atoms with E-state index in [0.29, 0.717) is 42.3 Å². The minimum Gasteiger partial charge on any atom is -0.733 e. The molecular weight excluding hydrogens is 456 g/mol. The van der Waals surface area contributed by atoms with Crippen LogP contribution in [0.5, 0.6) is 0 Å². The maximum Gasteiger partial charge on any atom is 0.243 e. The monoisotopic (exact) mass is 485 g/mol. The summed E-state index contributed by atoms with van der Waals surface area (Å²) in [5.41, 5.74) is 4.72. The largest absolute Gasteiger partial charge is 0.733 e. The number of hydrogen-bond acceptors (Lipinski definition) is 8. The van der Waals surface area contributed by atoms with Crippen molar-refractivity contribution in [3.63, 3.8) is 0 Å². The van der Waals surface area contributed by atoms with Crippen molar-refractivity contribution >= 4 is 34.0 Å². The molecule has 0 spiro atoms. The van der Waals surface area contributed by atoms with Gasteiger partial charge in [-0.25, -0.2) is 10.5 Å². The molecule has 34 heavy (non-hydrogen) atoms. The van der Waals surface area contributed by atoms with Crippen molar-refractivity contribution in [1.29, 1.82) is 0 Å². The second-order valence-electron chi connectivity index (χ2n) is 7.90. The number of benzene rings is 1. The van der Waals surface area contributed by atoms with Crippen LogP contribution in [0, 0.1) is 5.21 Å². The Morgan fingerprint density at radius 1 is 1.15 bits per heavy atom. The van der Waals surface area contributed by atoms with Crippen LogP contribution in [0.25, 0.3) is 11.3 Å². The minimum atomic E-state index is -0.198. The highest BCUT2D eigenvalue weighted by atomic mass is 32.1. The molecule has 2 aromatic rings. The maximum atomic E-state index is 12.2. The third kappa shape index (κ3) is 8.38. The van der Waals surface area contributed by atoms with Crippen LogP contribution in [-0.4, -0.2) is 28.6 Å². The number of unbranched alkanes of at least 4 members (excludes halogenated alkanes) is 3. The topological polar surface area (TPSA) is 127 Å². The molecule has 0 atom stereocenters. The molecule has 1 aromatic heterocycles. The van der Waals surface area contributed by atoms with Gasteiger partial charge in [0.05, 0.1) is 18.0 Å². The van der Waals surface area contributed by atoms with Crippen molar-refractivity contribution in [2.75, 3.05) is 17.2 Å². The predicted molar refractivity (Wildman–Crippen MR) is 132 cm³/mol. The Bertz CT molecular complexity index is 1020. The molecule has 1 aromatic carbocycles. The lowest BCUT2D eigenvalue weighted by Crippen LogP contribution is -2.24. The van der Waals surface area contributed by atoms with Crippen LogP contribution in [0.1, 0.15) is 51.4 Å². The van der Waals surface area contributed by atoms with Crippen LogP contribution in [0.15, 0.2) is 53.4 Å². The van der Waals surface area contributed by atoms with E-state index in [0.717, 1.165) is 32.1 Å². The Hall–Kier alpha value is -3.05. The van der Waals surface area contributed by atoms with E-state index in [-0.39, 0.29) is 22.7 Å². The van der Waals surface area contributed by atoms with Gasteiger partial charge in [-0.05, 0) is 37.3 Å². The van der Waals surface area contributed by atoms with Gasteiger partial charge in [0.15, 0.2) is 5.13 Å². The highest BCUT2D eigenvalue weighted by Crippen LogP contribution is 2.32. The van der Waals surface area contributed by atoms with Gasteiger partial charge in [0.2, 0.25) is 11.8 Å². The highest BCUT2D eigenvalue weighted by Gasteiger charge is 2.11. The normalized spacial score (nSPS) is 12.8. The van der Waals surface area contributed by atoms with Gasteiger partial charge in [0.1, 0.15) is 0 Å². The number of hydrogen-bond donors (Lipinski definition) is 3. The van der Waals surface area contributed by atoms with Crippen LogP contribution in [0.4, 0.5) is 10.8 Å². The van der Waals surface area contributed by atoms with Crippen molar-refractivity contribution in [1.82, 2.24) is 10.5 Å². The number of thiazole rings is 1. The van der Waals surface area contributed by atoms with Crippen LogP contribution >= 0.6 is 11.3 Å². The average Bonchev–Trinajstić information content (AvgIpc) is 3.30. The average molecular weight is 486 g/mol. The molecule has 182 valence electrons. The smallest absolute Gasteiger partial charge is 0.243 e. The summed E-state index contributed by atoms with van der Waals surface area (Å²) in [6.07, 6.45) is 12.0. The fourth-order valence-electron chi connectivity index (χ4n) is 3.45. The molecule has 0 saturated carbocycles. The molecule has 0 fully saturated rings. The van der Waals surface area contributed by atoms with Crippen LogP contribution in [0.2, 0.25) is 0 Å². The Morgan fingerprint density at radius 3 is 2.65 bits per heavy atom. The van der Waals surface area contributed by atoms with Crippen LogP contribution in [0.3, 0.4) is 0 Å². The van der Waals surface area contributed by atoms with Crippen molar-refractivity contribution in [3.8, 4) is 11.3 Å². The highest BCUT2D eigenvalue weighted by molar-refractivity contribution is 7.14. The zero-order chi connectivity index (χ0) is 24.2. The standard InChI is InChI=1S/C24H29N4O5S/c29-22(26-24-25-20(17-34-24)19-12-8-9-13-21(19)28(31)32)14-6-1-2-7-15-23(30)27-33-16-18-10-4-3-5-11-18/h3-4,8-10,12-13,17,31H,1-2,5-7,11,14-16H2,(H,27,30)(H,25,26,29)/q-1. The van der Waals surface area contributed by atoms with Gasteiger partial charge in [-0.15, -0.1) is 11.3 Å². The van der Waals surface area contributed by atoms with E-state index < -0.39 is 0 Å². The Balaban J connectivity index is 1.27. The quantitative estimate of drug-likeness (QED) is 0.266. The molecular formula is C24H29N4O5S-. The van der Waals surface area contributed by atoms with Crippen molar-refractivity contribution < 1.29 is 19.6 Å². The number of hydroxylamine groups is 1. The van der Waals surface area contributed by atoms with Crippen molar-refractivity contribution in [2.45, 2.75) is 51.4 Å². The lowest BCUT2D eigenvalue weighted by molar-refractivity contribution is -0.133. The van der Waals surface area contributed by atoms with E-state index in [9.17, 15) is 20.0 Å². The van der Waals surface area contributed by atoms with Gasteiger partial charge in [0, 0.05) is 23.8 Å². The summed E-state index contributed by atoms with van der Waals surface area (Å²) < 4.78 is 0. The van der Waals surface area contributed by atoms with Crippen LogP contribution in [-0.2, 0) is 14.4 Å². The molecule has 2 amide bonds. The Morgan fingerprint density at radius 2 is 1.91 bits per heavy atom. The molecule has 3 N–H and O–H groups in total. The first-order chi connectivity index (χ1) is 16.5. The van der Waals surface area contributed by atoms with Gasteiger partial charge < -0.3 is 15.8 Å². The second kappa shape index (κ2) is 13.6. The molecule has 1 aliphatic rings. The first-order valence-electron chi connectivity index (χ1n) is 11.3. The summed E-state index contributed by atoms with van der Waals surface area (Å²) >= 11 is 1.25. The first-order valence-corrected chi connectivity index (χ1v) is 12.2. The van der Waals surface area contributed by atoms with Gasteiger partial charge >= 0.3 is 0 Å². The van der Waals surface area contributed by atoms with E-state index in [1.165, 1.54) is 23.0 Å². The molecule has 0 unspecified atom stereocenters. The summed E-state index contributed by atoms with van der Waals surface area (Å²) in [4.78, 5) is 33.6. The number of rotatable bonds is 13. The summed E-state index contributed by atoms with van der Waals surface area (Å²) in [7, 11) is 0. The molecule has 10 heteroatoms. The van der Waals surface area contributed by atoms with Crippen molar-refractivity contribution in [2.24, 2.45) is 0 Å². The predicted octanol–water partition coefficient (Wildman–Crippen LogP) is 5.11. The lowest BCUT2D eigenvalue weighted by Gasteiger charge is -2.23. The molecule has 3 rings (SSSR count). The number of nitrogens with one attached hydrogen (secondary N) is 2. The SMILES string of the molecule is O=C(CCCCCCC(=O)Nc1nc(-c2ccccc2N([O-])O)cs1)NOCC1=CC=CCC1. The number of allylic oxidation sites excluding steroid dienone is 3. The molecule has 1 aliphatic carbocycles. The van der Waals surface area contributed by atoms with E-state index in [4.69, 9.17) is 4.84 Å². The molecule has 1 heterocycles. The fraction of sp³-hybridized carbons (Fsp3) is 0.375. The summed E-state index contributed by atoms with van der Waals surface area (Å²) in [6, 6.07) is 6.55. The Labute approximate surface area is 202 Å². The van der Waals surface area contributed by atoms with E-state index in [1.54, 1.807) is 23.6 Å². The number of aromatic nitrogens is 1. The second-order valence-corrected chi connectivity index (χ2v) is 8.75. The van der Waals surface area contributed by atoms with Crippen LogP contribution < -0.4 is 16.0 Å². The maximum absolute atomic E-state index is 12.2. The number of nitrogens with zero attached hydrogens (tertiary/aromatic N) is 2. The van der Waals surface area contributed by atoms with Gasteiger partial charge in [-0.2, -0.15) is 0 Å². The number of carbonyl (C=O) groups is 2. The van der Waals surface area contributed by atoms with Gasteiger partial charge in [-0.1, -0.05) is 49.3 Å². The summed E-state index contributed by atoms with van der Waals surface area (Å²) in [5.74, 6) is -0.271. The summed E-state index contributed by atoms with van der Waals surface area (Å²) in [6.45, 7) is 0.414. The van der Waals surface area contributed by atoms with Gasteiger partial charge in [0.25, 0.3) is 0 Å². The van der Waals surface area contributed by atoms with Gasteiger partial charge in [-0.3, -0.25) is 19.6 Å². The Kier molecular flexibility index (Phi) is 10.2. The molecule has 0 bridgehead atoms. The zero-order valence-corrected chi connectivity index (χ0v) is 19.7. The third-order valence-electron chi connectivity index (χ3n) is 5.24. The molecule has 0 aliphatic heterocycles. The van der Waals surface area contributed by atoms with E-state index >= 15 is 0 Å². The molecule has 9 nitrogen and oxygen atoms in total. The number of para-hydroxylation sites is 1. The third-order valence-corrected chi connectivity index (χ3v) is 6.00. The fourth-order valence-corrected chi connectivity index (χ4v) is 4.18. The number of carbonyl (C=O) groups excluding carboxylic acids is 2. The number of amides is 2.